The highest BCUT2D eigenvalue weighted by atomic mass is 79.9. The summed E-state index contributed by atoms with van der Waals surface area (Å²) >= 11 is 3.39. The Morgan fingerprint density at radius 2 is 2.11 bits per heavy atom. The lowest BCUT2D eigenvalue weighted by molar-refractivity contribution is 0.300. The number of nitrogens with zero attached hydrogens (tertiary/aromatic N) is 2. The second kappa shape index (κ2) is 8.12. The maximum absolute atomic E-state index is 8.84. The topological polar surface area (TPSA) is 39.1 Å². The number of likely N-dealkylation sites (N-methyl/N-ethyl adjacent to an activating group) is 1. The van der Waals surface area contributed by atoms with Crippen molar-refractivity contribution < 1.29 is 0 Å². The van der Waals surface area contributed by atoms with Crippen LogP contribution in [0.15, 0.2) is 22.7 Å². The van der Waals surface area contributed by atoms with Crippen molar-refractivity contribution in [3.8, 4) is 6.07 Å². The third-order valence-corrected chi connectivity index (χ3v) is 3.49. The third kappa shape index (κ3) is 4.67. The molecule has 0 aliphatic carbocycles. The first kappa shape index (κ1) is 15.0. The second-order valence-corrected chi connectivity index (χ2v) is 5.02. The predicted molar refractivity (Wildman–Crippen MR) is 79.8 cm³/mol. The van der Waals surface area contributed by atoms with Gasteiger partial charge in [0.25, 0.3) is 0 Å². The van der Waals surface area contributed by atoms with E-state index in [1.54, 1.807) is 0 Å². The molecule has 1 rings (SSSR count). The number of nitriles is 1. The maximum Gasteiger partial charge on any atom is 0.100 e. The molecule has 4 heteroatoms. The zero-order chi connectivity index (χ0) is 13.4. The minimum Gasteiger partial charge on any atom is -0.384 e. The molecule has 1 aromatic rings. The monoisotopic (exact) mass is 309 g/mol. The van der Waals surface area contributed by atoms with Gasteiger partial charge < -0.3 is 10.2 Å². The average molecular weight is 310 g/mol. The Bertz CT molecular complexity index is 412. The molecule has 0 saturated carbocycles. The summed E-state index contributed by atoms with van der Waals surface area (Å²) in [7, 11) is 0. The van der Waals surface area contributed by atoms with Crippen molar-refractivity contribution in [3.05, 3.63) is 28.2 Å². The fourth-order valence-corrected chi connectivity index (χ4v) is 2.29. The van der Waals surface area contributed by atoms with Crippen LogP contribution in [0.25, 0.3) is 0 Å². The van der Waals surface area contributed by atoms with Gasteiger partial charge >= 0.3 is 0 Å². The standard InChI is InChI=1S/C14H20BrN3/c1-3-8-18(4-2)9-7-17-13-6-5-12(11-16)14(15)10-13/h5-6,10,17H,3-4,7-9H2,1-2H3. The number of benzene rings is 1. The van der Waals surface area contributed by atoms with Gasteiger partial charge in [0.1, 0.15) is 6.07 Å². The molecule has 98 valence electrons. The van der Waals surface area contributed by atoms with Crippen LogP contribution in [0.2, 0.25) is 0 Å². The van der Waals surface area contributed by atoms with Crippen LogP contribution in [0.4, 0.5) is 5.69 Å². The van der Waals surface area contributed by atoms with Crippen molar-refractivity contribution in [2.45, 2.75) is 20.3 Å². The van der Waals surface area contributed by atoms with Gasteiger partial charge in [0, 0.05) is 23.2 Å². The molecule has 0 unspecified atom stereocenters. The first-order valence-corrected chi connectivity index (χ1v) is 7.16. The van der Waals surface area contributed by atoms with Gasteiger partial charge in [-0.05, 0) is 53.6 Å². The zero-order valence-corrected chi connectivity index (χ0v) is 12.6. The number of hydrogen-bond donors (Lipinski definition) is 1. The normalized spacial score (nSPS) is 10.4. The van der Waals surface area contributed by atoms with Crippen molar-refractivity contribution in [2.24, 2.45) is 0 Å². The molecule has 0 radical (unpaired) electrons. The maximum atomic E-state index is 8.84. The van der Waals surface area contributed by atoms with E-state index in [-0.39, 0.29) is 0 Å². The molecular formula is C14H20BrN3. The summed E-state index contributed by atoms with van der Waals surface area (Å²) in [5.41, 5.74) is 1.72. The number of hydrogen-bond acceptors (Lipinski definition) is 3. The largest absolute Gasteiger partial charge is 0.384 e. The lowest BCUT2D eigenvalue weighted by Crippen LogP contribution is -2.29. The molecule has 18 heavy (non-hydrogen) atoms. The van der Waals surface area contributed by atoms with E-state index in [1.807, 2.05) is 18.2 Å². The van der Waals surface area contributed by atoms with Gasteiger partial charge in [-0.2, -0.15) is 5.26 Å². The van der Waals surface area contributed by atoms with Crippen LogP contribution in [-0.4, -0.2) is 31.1 Å². The number of halogens is 1. The number of rotatable bonds is 7. The van der Waals surface area contributed by atoms with Crippen molar-refractivity contribution >= 4 is 21.6 Å². The lowest BCUT2D eigenvalue weighted by Gasteiger charge is -2.19. The Hall–Kier alpha value is -1.05. The summed E-state index contributed by atoms with van der Waals surface area (Å²) in [5.74, 6) is 0. The second-order valence-electron chi connectivity index (χ2n) is 4.17. The van der Waals surface area contributed by atoms with Crippen LogP contribution in [0.3, 0.4) is 0 Å². The highest BCUT2D eigenvalue weighted by Gasteiger charge is 2.02. The SMILES string of the molecule is CCCN(CC)CCNc1ccc(C#N)c(Br)c1. The van der Waals surface area contributed by atoms with Gasteiger partial charge in [-0.1, -0.05) is 13.8 Å². The van der Waals surface area contributed by atoms with Crippen LogP contribution in [-0.2, 0) is 0 Å². The minimum atomic E-state index is 0.668. The van der Waals surface area contributed by atoms with Gasteiger partial charge in [-0.3, -0.25) is 0 Å². The Morgan fingerprint density at radius 1 is 1.33 bits per heavy atom. The van der Waals surface area contributed by atoms with E-state index in [0.717, 1.165) is 36.3 Å². The van der Waals surface area contributed by atoms with Crippen LogP contribution in [0, 0.1) is 11.3 Å². The molecule has 0 heterocycles. The first-order chi connectivity index (χ1) is 8.71. The molecule has 0 bridgehead atoms. The first-order valence-electron chi connectivity index (χ1n) is 6.37. The summed E-state index contributed by atoms with van der Waals surface area (Å²) in [6.45, 7) is 8.59. The van der Waals surface area contributed by atoms with Crippen LogP contribution in [0.1, 0.15) is 25.8 Å². The average Bonchev–Trinajstić information content (AvgIpc) is 2.38. The minimum absolute atomic E-state index is 0.668. The molecule has 1 N–H and O–H groups in total. The van der Waals surface area contributed by atoms with E-state index in [2.05, 4.69) is 46.1 Å². The van der Waals surface area contributed by atoms with E-state index in [9.17, 15) is 0 Å². The highest BCUT2D eigenvalue weighted by Crippen LogP contribution is 2.20. The van der Waals surface area contributed by atoms with Crippen LogP contribution in [0.5, 0.6) is 0 Å². The Morgan fingerprint density at radius 3 is 2.67 bits per heavy atom. The molecule has 0 atom stereocenters. The smallest absolute Gasteiger partial charge is 0.100 e. The third-order valence-electron chi connectivity index (χ3n) is 2.83. The molecule has 0 saturated heterocycles. The van der Waals surface area contributed by atoms with Gasteiger partial charge in [-0.15, -0.1) is 0 Å². The molecule has 0 aliphatic heterocycles. The summed E-state index contributed by atoms with van der Waals surface area (Å²) in [4.78, 5) is 2.42. The van der Waals surface area contributed by atoms with Crippen molar-refractivity contribution in [1.29, 1.82) is 5.26 Å². The molecule has 3 nitrogen and oxygen atoms in total. The van der Waals surface area contributed by atoms with Crippen molar-refractivity contribution in [1.82, 2.24) is 4.90 Å². The van der Waals surface area contributed by atoms with Crippen LogP contribution < -0.4 is 5.32 Å². The summed E-state index contributed by atoms with van der Waals surface area (Å²) in [5, 5.41) is 12.2. The fraction of sp³-hybridized carbons (Fsp3) is 0.500. The molecule has 0 spiro atoms. The fourth-order valence-electron chi connectivity index (χ4n) is 1.82. The Kier molecular flexibility index (Phi) is 6.77. The Labute approximate surface area is 118 Å². The molecule has 0 fully saturated rings. The quantitative estimate of drug-likeness (QED) is 0.838. The van der Waals surface area contributed by atoms with E-state index in [0.29, 0.717) is 5.56 Å². The molecule has 0 amide bonds. The molecule has 1 aromatic carbocycles. The number of anilines is 1. The van der Waals surface area contributed by atoms with Gasteiger partial charge in [0.05, 0.1) is 5.56 Å². The molecule has 0 aliphatic rings. The summed E-state index contributed by atoms with van der Waals surface area (Å²) in [6.07, 6.45) is 1.19. The van der Waals surface area contributed by atoms with Crippen molar-refractivity contribution in [3.63, 3.8) is 0 Å². The van der Waals surface area contributed by atoms with Crippen LogP contribution >= 0.6 is 15.9 Å². The van der Waals surface area contributed by atoms with E-state index in [1.165, 1.54) is 6.42 Å². The molecule has 0 aromatic heterocycles. The summed E-state index contributed by atoms with van der Waals surface area (Å²) in [6, 6.07) is 7.87. The van der Waals surface area contributed by atoms with Gasteiger partial charge in [0.15, 0.2) is 0 Å². The highest BCUT2D eigenvalue weighted by molar-refractivity contribution is 9.10. The summed E-state index contributed by atoms with van der Waals surface area (Å²) < 4.78 is 0.843. The van der Waals surface area contributed by atoms with E-state index in [4.69, 9.17) is 5.26 Å². The van der Waals surface area contributed by atoms with Gasteiger partial charge in [0.2, 0.25) is 0 Å². The lowest BCUT2D eigenvalue weighted by atomic mass is 10.2. The zero-order valence-electron chi connectivity index (χ0n) is 11.0. The van der Waals surface area contributed by atoms with Crippen molar-refractivity contribution in [2.75, 3.05) is 31.5 Å². The van der Waals surface area contributed by atoms with E-state index >= 15 is 0 Å². The van der Waals surface area contributed by atoms with Gasteiger partial charge in [-0.25, -0.2) is 0 Å². The van der Waals surface area contributed by atoms with E-state index < -0.39 is 0 Å². The Balaban J connectivity index is 2.44. The number of nitrogens with one attached hydrogen (secondary N) is 1. The molecular weight excluding hydrogens is 290 g/mol. The predicted octanol–water partition coefficient (Wildman–Crippen LogP) is 3.46.